The molecule has 0 radical (unpaired) electrons. The molecule has 0 spiro atoms. The van der Waals surface area contributed by atoms with Crippen LogP contribution < -0.4 is 9.64 Å². The van der Waals surface area contributed by atoms with Crippen LogP contribution in [-0.2, 0) is 17.8 Å². The van der Waals surface area contributed by atoms with E-state index < -0.39 is 0 Å². The van der Waals surface area contributed by atoms with Crippen LogP contribution >= 0.6 is 11.6 Å². The van der Waals surface area contributed by atoms with Crippen molar-refractivity contribution in [3.8, 4) is 5.75 Å². The molecule has 4 aromatic rings. The zero-order valence-electron chi connectivity index (χ0n) is 18.6. The zero-order valence-corrected chi connectivity index (χ0v) is 19.3. The lowest BCUT2D eigenvalue weighted by Gasteiger charge is -2.20. The minimum atomic E-state index is 0.0233. The molecule has 5 nitrogen and oxygen atoms in total. The molecule has 1 unspecified atom stereocenters. The Kier molecular flexibility index (Phi) is 6.05. The van der Waals surface area contributed by atoms with Gasteiger partial charge in [0.1, 0.15) is 18.2 Å². The normalized spacial score (nSPS) is 16.0. The molecule has 1 aliphatic heterocycles. The van der Waals surface area contributed by atoms with Crippen molar-refractivity contribution in [2.75, 3.05) is 18.1 Å². The molecule has 0 saturated carbocycles. The summed E-state index contributed by atoms with van der Waals surface area (Å²) in [6.07, 6.45) is 1.34. The molecule has 1 amide bonds. The van der Waals surface area contributed by atoms with Gasteiger partial charge >= 0.3 is 0 Å². The van der Waals surface area contributed by atoms with Crippen molar-refractivity contribution in [2.45, 2.75) is 32.2 Å². The second kappa shape index (κ2) is 9.28. The van der Waals surface area contributed by atoms with Gasteiger partial charge in [-0.3, -0.25) is 4.79 Å². The number of ether oxygens (including phenoxy) is 1. The SMILES string of the molecule is CCc1ccccc1N1CC(c2nc3ccccc3n2CCOc2ccccc2Cl)CC1=O. The largest absolute Gasteiger partial charge is 0.490 e. The second-order valence-corrected chi connectivity index (χ2v) is 8.68. The van der Waals surface area contributed by atoms with Crippen molar-refractivity contribution in [3.63, 3.8) is 0 Å². The van der Waals surface area contributed by atoms with E-state index >= 15 is 0 Å². The van der Waals surface area contributed by atoms with Gasteiger partial charge in [-0.05, 0) is 42.3 Å². The van der Waals surface area contributed by atoms with Gasteiger partial charge in [-0.15, -0.1) is 0 Å². The predicted molar refractivity (Wildman–Crippen MR) is 132 cm³/mol. The van der Waals surface area contributed by atoms with Crippen molar-refractivity contribution >= 4 is 34.2 Å². The van der Waals surface area contributed by atoms with Crippen LogP contribution in [0, 0.1) is 0 Å². The van der Waals surface area contributed by atoms with E-state index in [4.69, 9.17) is 21.3 Å². The minimum absolute atomic E-state index is 0.0233. The third-order valence-corrected chi connectivity index (χ3v) is 6.56. The van der Waals surface area contributed by atoms with Gasteiger partial charge in [-0.2, -0.15) is 0 Å². The molecular weight excluding hydrogens is 434 g/mol. The van der Waals surface area contributed by atoms with Crippen molar-refractivity contribution in [1.82, 2.24) is 9.55 Å². The highest BCUT2D eigenvalue weighted by atomic mass is 35.5. The Morgan fingerprint density at radius 2 is 1.79 bits per heavy atom. The third-order valence-electron chi connectivity index (χ3n) is 6.25. The first kappa shape index (κ1) is 21.5. The number of hydrogen-bond acceptors (Lipinski definition) is 3. The molecule has 0 bridgehead atoms. The fourth-order valence-corrected chi connectivity index (χ4v) is 4.83. The quantitative estimate of drug-likeness (QED) is 0.348. The number of hydrogen-bond donors (Lipinski definition) is 0. The van der Waals surface area contributed by atoms with E-state index in [0.717, 1.165) is 29.0 Å². The first-order chi connectivity index (χ1) is 16.2. The first-order valence-corrected chi connectivity index (χ1v) is 11.7. The number of para-hydroxylation sites is 4. The number of anilines is 1. The molecule has 2 heterocycles. The molecule has 5 rings (SSSR count). The average molecular weight is 460 g/mol. The maximum Gasteiger partial charge on any atom is 0.227 e. The van der Waals surface area contributed by atoms with Crippen LogP contribution in [0.1, 0.15) is 30.7 Å². The average Bonchev–Trinajstić information content (AvgIpc) is 3.41. The number of rotatable bonds is 7. The van der Waals surface area contributed by atoms with E-state index in [1.54, 1.807) is 0 Å². The van der Waals surface area contributed by atoms with Crippen molar-refractivity contribution in [3.05, 3.63) is 89.2 Å². The topological polar surface area (TPSA) is 47.4 Å². The monoisotopic (exact) mass is 459 g/mol. The highest BCUT2D eigenvalue weighted by Gasteiger charge is 2.35. The van der Waals surface area contributed by atoms with Gasteiger partial charge in [0, 0.05) is 24.6 Å². The van der Waals surface area contributed by atoms with Gasteiger partial charge in [0.25, 0.3) is 0 Å². The van der Waals surface area contributed by atoms with E-state index in [1.807, 2.05) is 65.6 Å². The number of aryl methyl sites for hydroxylation is 1. The van der Waals surface area contributed by atoms with Gasteiger partial charge < -0.3 is 14.2 Å². The fourth-order valence-electron chi connectivity index (χ4n) is 4.64. The second-order valence-electron chi connectivity index (χ2n) is 8.28. The molecule has 1 saturated heterocycles. The summed E-state index contributed by atoms with van der Waals surface area (Å²) in [5.74, 6) is 1.77. The number of carbonyl (C=O) groups excluding carboxylic acids is 1. The number of aromatic nitrogens is 2. The first-order valence-electron chi connectivity index (χ1n) is 11.4. The molecule has 1 fully saturated rings. The summed E-state index contributed by atoms with van der Waals surface area (Å²) in [4.78, 5) is 19.9. The number of benzene rings is 3. The van der Waals surface area contributed by atoms with Crippen LogP contribution in [0.5, 0.6) is 5.75 Å². The molecule has 1 aliphatic rings. The smallest absolute Gasteiger partial charge is 0.227 e. The van der Waals surface area contributed by atoms with Crippen LogP contribution in [0.4, 0.5) is 5.69 Å². The van der Waals surface area contributed by atoms with Crippen LogP contribution in [0.25, 0.3) is 11.0 Å². The zero-order chi connectivity index (χ0) is 22.8. The van der Waals surface area contributed by atoms with Crippen LogP contribution in [-0.4, -0.2) is 28.6 Å². The van der Waals surface area contributed by atoms with Crippen molar-refractivity contribution in [2.24, 2.45) is 0 Å². The lowest BCUT2D eigenvalue weighted by molar-refractivity contribution is -0.117. The molecule has 0 aliphatic carbocycles. The number of nitrogens with zero attached hydrogens (tertiary/aromatic N) is 3. The van der Waals surface area contributed by atoms with Gasteiger partial charge in [0.05, 0.1) is 22.6 Å². The van der Waals surface area contributed by atoms with Crippen LogP contribution in [0.2, 0.25) is 5.02 Å². The summed E-state index contributed by atoms with van der Waals surface area (Å²) < 4.78 is 8.15. The summed E-state index contributed by atoms with van der Waals surface area (Å²) in [7, 11) is 0. The lowest BCUT2D eigenvalue weighted by Crippen LogP contribution is -2.25. The molecular formula is C27H26ClN3O2. The van der Waals surface area contributed by atoms with E-state index in [1.165, 1.54) is 5.56 Å². The molecule has 0 N–H and O–H groups in total. The number of carbonyl (C=O) groups is 1. The summed E-state index contributed by atoms with van der Waals surface area (Å²) in [5.41, 5.74) is 4.19. The summed E-state index contributed by atoms with van der Waals surface area (Å²) in [6, 6.07) is 23.7. The number of fused-ring (bicyclic) bond motifs is 1. The Morgan fingerprint density at radius 1 is 1.03 bits per heavy atom. The van der Waals surface area contributed by atoms with E-state index in [2.05, 4.69) is 23.6 Å². The Labute approximate surface area is 198 Å². The van der Waals surface area contributed by atoms with Crippen molar-refractivity contribution < 1.29 is 9.53 Å². The standard InChI is InChI=1S/C27H26ClN3O2/c1-2-19-9-3-6-12-23(19)31-18-20(17-26(31)32)27-29-22-11-5-7-13-24(22)30(27)15-16-33-25-14-8-4-10-21(25)28/h3-14,20H,2,15-18H2,1H3. The molecule has 6 heteroatoms. The Balaban J connectivity index is 1.42. The van der Waals surface area contributed by atoms with E-state index in [-0.39, 0.29) is 11.8 Å². The Hall–Kier alpha value is -3.31. The number of imidazole rings is 1. The van der Waals surface area contributed by atoms with E-state index in [0.29, 0.717) is 36.9 Å². The molecule has 33 heavy (non-hydrogen) atoms. The number of halogens is 1. The maximum atomic E-state index is 13.0. The van der Waals surface area contributed by atoms with Gasteiger partial charge in [0.2, 0.25) is 5.91 Å². The summed E-state index contributed by atoms with van der Waals surface area (Å²) in [6.45, 7) is 3.83. The van der Waals surface area contributed by atoms with Crippen molar-refractivity contribution in [1.29, 1.82) is 0 Å². The van der Waals surface area contributed by atoms with Crippen LogP contribution in [0.15, 0.2) is 72.8 Å². The van der Waals surface area contributed by atoms with E-state index in [9.17, 15) is 4.79 Å². The lowest BCUT2D eigenvalue weighted by atomic mass is 10.1. The minimum Gasteiger partial charge on any atom is -0.490 e. The van der Waals surface area contributed by atoms with Gasteiger partial charge in [-0.25, -0.2) is 4.98 Å². The molecule has 3 aromatic carbocycles. The molecule has 168 valence electrons. The highest BCUT2D eigenvalue weighted by Crippen LogP contribution is 2.35. The van der Waals surface area contributed by atoms with Gasteiger partial charge in [0.15, 0.2) is 0 Å². The fraction of sp³-hybridized carbons (Fsp3) is 0.259. The van der Waals surface area contributed by atoms with Crippen LogP contribution in [0.3, 0.4) is 0 Å². The van der Waals surface area contributed by atoms with Gasteiger partial charge in [-0.1, -0.05) is 61.0 Å². The summed E-state index contributed by atoms with van der Waals surface area (Å²) >= 11 is 6.24. The molecule has 1 atom stereocenters. The highest BCUT2D eigenvalue weighted by molar-refractivity contribution is 6.32. The summed E-state index contributed by atoms with van der Waals surface area (Å²) in [5, 5.41) is 0.597. The maximum absolute atomic E-state index is 13.0. The molecule has 1 aromatic heterocycles. The third kappa shape index (κ3) is 4.21. The number of amides is 1. The predicted octanol–water partition coefficient (Wildman–Crippen LogP) is 5.85. The Morgan fingerprint density at radius 3 is 2.64 bits per heavy atom. The Bertz CT molecular complexity index is 1300.